The summed E-state index contributed by atoms with van der Waals surface area (Å²) in [6.07, 6.45) is 0. The number of thiophene rings is 1. The quantitative estimate of drug-likeness (QED) is 0.866. The molecule has 0 fully saturated rings. The summed E-state index contributed by atoms with van der Waals surface area (Å²) in [7, 11) is 2.14. The zero-order valence-corrected chi connectivity index (χ0v) is 14.5. The topological polar surface area (TPSA) is 29.3 Å². The fourth-order valence-corrected chi connectivity index (χ4v) is 3.74. The van der Waals surface area contributed by atoms with Gasteiger partial charge in [-0.05, 0) is 59.4 Å². The molecular formula is C16H21BrN2S. The summed E-state index contributed by atoms with van der Waals surface area (Å²) < 4.78 is 1.17. The first-order valence-electron chi connectivity index (χ1n) is 6.72. The van der Waals surface area contributed by atoms with Crippen LogP contribution in [0.4, 0.5) is 0 Å². The van der Waals surface area contributed by atoms with E-state index in [0.29, 0.717) is 0 Å². The Kier molecular flexibility index (Phi) is 5.38. The Hall–Kier alpha value is -0.680. The van der Waals surface area contributed by atoms with Crippen LogP contribution in [0.5, 0.6) is 0 Å². The molecule has 0 saturated heterocycles. The molecule has 0 saturated carbocycles. The molecular weight excluding hydrogens is 332 g/mol. The van der Waals surface area contributed by atoms with Gasteiger partial charge in [-0.1, -0.05) is 29.8 Å². The van der Waals surface area contributed by atoms with Crippen molar-refractivity contribution >= 4 is 27.3 Å². The molecule has 0 spiro atoms. The van der Waals surface area contributed by atoms with E-state index >= 15 is 0 Å². The average molecular weight is 353 g/mol. The predicted octanol–water partition coefficient (Wildman–Crippen LogP) is 4.34. The number of rotatable bonds is 5. The maximum Gasteiger partial charge on any atom is 0.0701 e. The Morgan fingerprint density at radius 2 is 1.95 bits per heavy atom. The third kappa shape index (κ3) is 3.92. The normalized spacial score (nSPS) is 14.5. The van der Waals surface area contributed by atoms with Gasteiger partial charge in [0.1, 0.15) is 0 Å². The summed E-state index contributed by atoms with van der Waals surface area (Å²) >= 11 is 5.24. The van der Waals surface area contributed by atoms with Crippen LogP contribution in [0.2, 0.25) is 0 Å². The maximum absolute atomic E-state index is 6.22. The van der Waals surface area contributed by atoms with Crippen molar-refractivity contribution in [2.24, 2.45) is 5.73 Å². The second-order valence-corrected chi connectivity index (χ2v) is 7.68. The second-order valence-electron chi connectivity index (χ2n) is 5.39. The van der Waals surface area contributed by atoms with Crippen molar-refractivity contribution in [3.05, 3.63) is 56.2 Å². The number of hydrogen-bond acceptors (Lipinski definition) is 3. The van der Waals surface area contributed by atoms with Gasteiger partial charge >= 0.3 is 0 Å². The lowest BCUT2D eigenvalue weighted by Gasteiger charge is -2.31. The number of nitrogens with zero attached hydrogens (tertiary/aromatic N) is 1. The Morgan fingerprint density at radius 3 is 2.45 bits per heavy atom. The molecule has 0 aliphatic rings. The van der Waals surface area contributed by atoms with E-state index in [9.17, 15) is 0 Å². The van der Waals surface area contributed by atoms with Crippen molar-refractivity contribution in [3.8, 4) is 0 Å². The number of aryl methyl sites for hydroxylation is 1. The first-order valence-corrected chi connectivity index (χ1v) is 8.40. The summed E-state index contributed by atoms with van der Waals surface area (Å²) in [5.74, 6) is 0. The SMILES string of the molecule is Cc1ccc(C(C(C)N)N(C)Cc2csc(Br)c2)cc1. The lowest BCUT2D eigenvalue weighted by atomic mass is 9.98. The van der Waals surface area contributed by atoms with Crippen LogP contribution in [0.15, 0.2) is 39.5 Å². The van der Waals surface area contributed by atoms with E-state index in [1.54, 1.807) is 11.3 Å². The molecule has 0 amide bonds. The van der Waals surface area contributed by atoms with E-state index in [2.05, 4.69) is 77.4 Å². The minimum absolute atomic E-state index is 0.0878. The van der Waals surface area contributed by atoms with Crippen molar-refractivity contribution in [1.29, 1.82) is 0 Å². The van der Waals surface area contributed by atoms with Crippen LogP contribution in [-0.4, -0.2) is 18.0 Å². The van der Waals surface area contributed by atoms with Crippen LogP contribution >= 0.6 is 27.3 Å². The molecule has 2 rings (SSSR count). The number of hydrogen-bond donors (Lipinski definition) is 1. The van der Waals surface area contributed by atoms with E-state index in [1.165, 1.54) is 20.5 Å². The van der Waals surface area contributed by atoms with Gasteiger partial charge in [-0.15, -0.1) is 11.3 Å². The number of benzene rings is 1. The highest BCUT2D eigenvalue weighted by atomic mass is 79.9. The number of nitrogens with two attached hydrogens (primary N) is 1. The number of halogens is 1. The first-order chi connectivity index (χ1) is 9.47. The largest absolute Gasteiger partial charge is 0.326 e. The minimum atomic E-state index is 0.0878. The molecule has 0 aliphatic carbocycles. The average Bonchev–Trinajstić information content (AvgIpc) is 2.77. The molecule has 2 atom stereocenters. The van der Waals surface area contributed by atoms with Crippen molar-refractivity contribution in [2.45, 2.75) is 32.5 Å². The monoisotopic (exact) mass is 352 g/mol. The molecule has 0 radical (unpaired) electrons. The molecule has 0 bridgehead atoms. The van der Waals surface area contributed by atoms with Crippen molar-refractivity contribution in [1.82, 2.24) is 4.90 Å². The predicted molar refractivity (Wildman–Crippen MR) is 91.1 cm³/mol. The van der Waals surface area contributed by atoms with E-state index in [0.717, 1.165) is 6.54 Å². The van der Waals surface area contributed by atoms with Gasteiger partial charge in [0.25, 0.3) is 0 Å². The Morgan fingerprint density at radius 1 is 1.30 bits per heavy atom. The molecule has 2 N–H and O–H groups in total. The molecule has 4 heteroatoms. The van der Waals surface area contributed by atoms with E-state index in [4.69, 9.17) is 5.73 Å². The van der Waals surface area contributed by atoms with Crippen molar-refractivity contribution in [2.75, 3.05) is 7.05 Å². The molecule has 20 heavy (non-hydrogen) atoms. The summed E-state index contributed by atoms with van der Waals surface area (Å²) in [5, 5.41) is 2.19. The van der Waals surface area contributed by atoms with Crippen LogP contribution in [-0.2, 0) is 6.54 Å². The summed E-state index contributed by atoms with van der Waals surface area (Å²) in [6.45, 7) is 5.09. The Labute approximate surface area is 133 Å². The first kappa shape index (κ1) is 15.7. The zero-order chi connectivity index (χ0) is 14.7. The highest BCUT2D eigenvalue weighted by Crippen LogP contribution is 2.27. The third-order valence-electron chi connectivity index (χ3n) is 3.45. The molecule has 0 aliphatic heterocycles. The lowest BCUT2D eigenvalue weighted by Crippen LogP contribution is -2.36. The van der Waals surface area contributed by atoms with Crippen LogP contribution in [0.25, 0.3) is 0 Å². The van der Waals surface area contributed by atoms with Crippen molar-refractivity contribution < 1.29 is 0 Å². The lowest BCUT2D eigenvalue weighted by molar-refractivity contribution is 0.211. The van der Waals surface area contributed by atoms with Gasteiger partial charge in [0.05, 0.1) is 3.79 Å². The van der Waals surface area contributed by atoms with E-state index < -0.39 is 0 Å². The van der Waals surface area contributed by atoms with Gasteiger partial charge in [0.15, 0.2) is 0 Å². The maximum atomic E-state index is 6.22. The zero-order valence-electron chi connectivity index (χ0n) is 12.1. The summed E-state index contributed by atoms with van der Waals surface area (Å²) in [6, 6.07) is 11.2. The van der Waals surface area contributed by atoms with Crippen LogP contribution < -0.4 is 5.73 Å². The fraction of sp³-hybridized carbons (Fsp3) is 0.375. The fourth-order valence-electron chi connectivity index (χ4n) is 2.54. The van der Waals surface area contributed by atoms with Gasteiger partial charge in [0, 0.05) is 18.6 Å². The van der Waals surface area contributed by atoms with Gasteiger partial charge in [-0.3, -0.25) is 4.90 Å². The molecule has 1 aromatic carbocycles. The molecule has 2 nitrogen and oxygen atoms in total. The smallest absolute Gasteiger partial charge is 0.0701 e. The van der Waals surface area contributed by atoms with Crippen LogP contribution in [0.1, 0.15) is 29.7 Å². The standard InChI is InChI=1S/C16H21BrN2S/c1-11-4-6-14(7-5-11)16(12(2)18)19(3)9-13-8-15(17)20-10-13/h4-8,10,12,16H,9,18H2,1-3H3. The Bertz CT molecular complexity index is 548. The van der Waals surface area contributed by atoms with E-state index in [1.807, 2.05) is 0 Å². The number of likely N-dealkylation sites (N-methyl/N-ethyl adjacent to an activating group) is 1. The molecule has 1 heterocycles. The van der Waals surface area contributed by atoms with Gasteiger partial charge < -0.3 is 5.73 Å². The van der Waals surface area contributed by atoms with Crippen molar-refractivity contribution in [3.63, 3.8) is 0 Å². The summed E-state index contributed by atoms with van der Waals surface area (Å²) in [4.78, 5) is 2.32. The van der Waals surface area contributed by atoms with E-state index in [-0.39, 0.29) is 12.1 Å². The van der Waals surface area contributed by atoms with Gasteiger partial charge in [-0.2, -0.15) is 0 Å². The molecule has 2 aromatic rings. The second kappa shape index (κ2) is 6.85. The Balaban J connectivity index is 2.17. The van der Waals surface area contributed by atoms with Gasteiger partial charge in [0.2, 0.25) is 0 Å². The molecule has 1 aromatic heterocycles. The minimum Gasteiger partial charge on any atom is -0.326 e. The third-order valence-corrected chi connectivity index (χ3v) is 5.00. The summed E-state index contributed by atoms with van der Waals surface area (Å²) in [5.41, 5.74) is 10.1. The molecule has 108 valence electrons. The van der Waals surface area contributed by atoms with Gasteiger partial charge in [-0.25, -0.2) is 0 Å². The van der Waals surface area contributed by atoms with Crippen LogP contribution in [0.3, 0.4) is 0 Å². The highest BCUT2D eigenvalue weighted by Gasteiger charge is 2.21. The van der Waals surface area contributed by atoms with Crippen LogP contribution in [0, 0.1) is 6.92 Å². The molecule has 2 unspecified atom stereocenters. The highest BCUT2D eigenvalue weighted by molar-refractivity contribution is 9.11.